The normalized spacial score (nSPS) is 37.4. The third-order valence-electron chi connectivity index (χ3n) is 9.52. The lowest BCUT2D eigenvalue weighted by Gasteiger charge is -2.17. The first-order valence-electron chi connectivity index (χ1n) is 14.0. The van der Waals surface area contributed by atoms with Crippen molar-refractivity contribution in [2.24, 2.45) is 47.3 Å². The van der Waals surface area contributed by atoms with Gasteiger partial charge in [0.1, 0.15) is 0 Å². The van der Waals surface area contributed by atoms with Crippen LogP contribution in [0.1, 0.15) is 77.0 Å². The fourth-order valence-corrected chi connectivity index (χ4v) is 7.49. The molecule has 38 heavy (non-hydrogen) atoms. The molecule has 0 N–H and O–H groups in total. The van der Waals surface area contributed by atoms with Crippen LogP contribution in [0.25, 0.3) is 0 Å². The minimum absolute atomic E-state index is 0.0308. The summed E-state index contributed by atoms with van der Waals surface area (Å²) in [6.45, 7) is 0. The lowest BCUT2D eigenvalue weighted by Crippen LogP contribution is -2.38. The molecule has 2 unspecified atom stereocenters. The van der Waals surface area contributed by atoms with Gasteiger partial charge in [0.15, 0.2) is 0 Å². The van der Waals surface area contributed by atoms with E-state index in [9.17, 15) is 24.0 Å². The minimum atomic E-state index is -1.44. The van der Waals surface area contributed by atoms with Crippen LogP contribution < -0.4 is 0 Å². The summed E-state index contributed by atoms with van der Waals surface area (Å²) in [6.07, 6.45) is 7.16. The topological polar surface area (TPSA) is 110 Å². The molecule has 0 radical (unpaired) electrons. The molecule has 2 saturated heterocycles. The summed E-state index contributed by atoms with van der Waals surface area (Å²) in [5.41, 5.74) is 0. The van der Waals surface area contributed by atoms with E-state index in [0.29, 0.717) is 58.5 Å². The van der Waals surface area contributed by atoms with Crippen LogP contribution in [0.5, 0.6) is 0 Å². The van der Waals surface area contributed by atoms with E-state index in [1.807, 2.05) is 0 Å². The third kappa shape index (κ3) is 4.79. The first-order valence-corrected chi connectivity index (χ1v) is 14.0. The number of imide groups is 2. The molecule has 0 spiro atoms. The fraction of sp³-hybridized carbons (Fsp3) is 0.690. The van der Waals surface area contributed by atoms with E-state index in [1.165, 1.54) is 0 Å². The van der Waals surface area contributed by atoms with Crippen LogP contribution in [0.4, 0.5) is 4.79 Å². The lowest BCUT2D eigenvalue weighted by atomic mass is 9.98. The van der Waals surface area contributed by atoms with Gasteiger partial charge < -0.3 is 0 Å². The van der Waals surface area contributed by atoms with Crippen LogP contribution in [0, 0.1) is 71.0 Å². The Morgan fingerprint density at radius 1 is 0.632 bits per heavy atom. The SMILES string of the molecule is O=C(ON1C(=O)CC(C[C@@H]2[C@@H]3CCC#CCC[C@@H]32)C1=O)ON1C(=O)CC(C[C@@H]2[C@@H]3CCC#CCC[C@@H]32)C1=O. The second-order valence-electron chi connectivity index (χ2n) is 11.6. The first kappa shape index (κ1) is 25.0. The number of hydrogen-bond acceptors (Lipinski definition) is 7. The number of hydrogen-bond donors (Lipinski definition) is 0. The Morgan fingerprint density at radius 3 is 1.32 bits per heavy atom. The largest absolute Gasteiger partial charge is 0.560 e. The molecule has 4 amide bonds. The third-order valence-corrected chi connectivity index (χ3v) is 9.52. The molecule has 9 nitrogen and oxygen atoms in total. The molecule has 6 rings (SSSR count). The molecule has 9 heteroatoms. The van der Waals surface area contributed by atoms with Gasteiger partial charge in [-0.3, -0.25) is 28.9 Å². The number of carbonyl (C=O) groups is 5. The number of amides is 4. The van der Waals surface area contributed by atoms with Gasteiger partial charge in [-0.1, -0.05) is 10.1 Å². The molecular weight excluding hydrogens is 488 g/mol. The molecule has 6 aliphatic rings. The molecule has 2 saturated carbocycles. The van der Waals surface area contributed by atoms with Crippen LogP contribution >= 0.6 is 0 Å². The predicted octanol–water partition coefficient (Wildman–Crippen LogP) is 3.38. The molecule has 0 bridgehead atoms. The molecule has 0 aromatic carbocycles. The summed E-state index contributed by atoms with van der Waals surface area (Å²) in [5, 5.41) is 0.873. The summed E-state index contributed by atoms with van der Waals surface area (Å²) in [7, 11) is 0. The van der Waals surface area contributed by atoms with Crippen molar-refractivity contribution >= 4 is 29.8 Å². The van der Waals surface area contributed by atoms with Crippen LogP contribution in [0.15, 0.2) is 0 Å². The second-order valence-corrected chi connectivity index (χ2v) is 11.6. The smallest absolute Gasteiger partial charge is 0.293 e. The van der Waals surface area contributed by atoms with Gasteiger partial charge in [-0.05, 0) is 74.0 Å². The van der Waals surface area contributed by atoms with Crippen molar-refractivity contribution in [3.8, 4) is 23.7 Å². The zero-order valence-corrected chi connectivity index (χ0v) is 21.4. The molecule has 2 aliphatic heterocycles. The summed E-state index contributed by atoms with van der Waals surface area (Å²) >= 11 is 0. The van der Waals surface area contributed by atoms with Crippen molar-refractivity contribution in [1.82, 2.24) is 10.1 Å². The van der Waals surface area contributed by atoms with Gasteiger partial charge in [-0.25, -0.2) is 0 Å². The monoisotopic (exact) mass is 520 g/mol. The van der Waals surface area contributed by atoms with Crippen LogP contribution in [0.2, 0.25) is 0 Å². The first-order chi connectivity index (χ1) is 18.4. The van der Waals surface area contributed by atoms with Gasteiger partial charge in [-0.15, -0.1) is 23.7 Å². The van der Waals surface area contributed by atoms with E-state index in [2.05, 4.69) is 23.7 Å². The van der Waals surface area contributed by atoms with Crippen LogP contribution in [-0.2, 0) is 28.9 Å². The highest BCUT2D eigenvalue weighted by Gasteiger charge is 2.54. The van der Waals surface area contributed by atoms with Gasteiger partial charge >= 0.3 is 6.16 Å². The highest BCUT2D eigenvalue weighted by molar-refractivity contribution is 6.04. The molecule has 0 aromatic heterocycles. The van der Waals surface area contributed by atoms with Gasteiger partial charge in [0.05, 0.1) is 11.8 Å². The van der Waals surface area contributed by atoms with Gasteiger partial charge in [0, 0.05) is 38.5 Å². The Morgan fingerprint density at radius 2 is 0.974 bits per heavy atom. The van der Waals surface area contributed by atoms with Crippen molar-refractivity contribution in [2.75, 3.05) is 0 Å². The standard InChI is InChI=1S/C29H32N2O7/c32-25-15-17(13-23-19-9-5-1-2-6-10-20(19)23)27(34)30(25)37-29(36)38-31-26(33)16-18(28(31)35)14-24-21-11-7-3-4-8-12-22(21)24/h17-24H,5-16H2/t17?,18?,19-,20+,21-,22+,23-,24-. The van der Waals surface area contributed by atoms with Crippen molar-refractivity contribution in [2.45, 2.75) is 77.0 Å². The highest BCUT2D eigenvalue weighted by atomic mass is 16.9. The maximum atomic E-state index is 12.9. The average molecular weight is 521 g/mol. The number of hydroxylamine groups is 4. The van der Waals surface area contributed by atoms with Crippen LogP contribution in [-0.4, -0.2) is 39.9 Å². The summed E-state index contributed by atoms with van der Waals surface area (Å²) in [5.74, 6) is 12.1. The number of carbonyl (C=O) groups excluding carboxylic acids is 5. The van der Waals surface area contributed by atoms with E-state index in [4.69, 9.17) is 9.68 Å². The van der Waals surface area contributed by atoms with Crippen molar-refractivity contribution in [1.29, 1.82) is 0 Å². The maximum Gasteiger partial charge on any atom is 0.560 e. The molecule has 8 atom stereocenters. The Labute approximate surface area is 221 Å². The lowest BCUT2D eigenvalue weighted by molar-refractivity contribution is -0.199. The summed E-state index contributed by atoms with van der Waals surface area (Å²) in [6, 6.07) is 0. The second kappa shape index (κ2) is 10.1. The van der Waals surface area contributed by atoms with Crippen molar-refractivity contribution < 1.29 is 33.6 Å². The van der Waals surface area contributed by atoms with Crippen LogP contribution in [0.3, 0.4) is 0 Å². The van der Waals surface area contributed by atoms with Gasteiger partial charge in [-0.2, -0.15) is 4.79 Å². The Balaban J connectivity index is 0.989. The van der Waals surface area contributed by atoms with E-state index in [-0.39, 0.29) is 12.8 Å². The van der Waals surface area contributed by atoms with Crippen molar-refractivity contribution in [3.05, 3.63) is 0 Å². The fourth-order valence-electron chi connectivity index (χ4n) is 7.49. The van der Waals surface area contributed by atoms with E-state index >= 15 is 0 Å². The quantitative estimate of drug-likeness (QED) is 0.390. The highest BCUT2D eigenvalue weighted by Crippen LogP contribution is 2.57. The molecule has 4 aliphatic carbocycles. The van der Waals surface area contributed by atoms with E-state index in [1.54, 1.807) is 0 Å². The zero-order chi connectivity index (χ0) is 26.4. The van der Waals surface area contributed by atoms with Gasteiger partial charge in [0.25, 0.3) is 23.6 Å². The average Bonchev–Trinajstić information content (AvgIpc) is 3.63. The van der Waals surface area contributed by atoms with Crippen molar-refractivity contribution in [3.63, 3.8) is 0 Å². The Kier molecular flexibility index (Phi) is 6.63. The van der Waals surface area contributed by atoms with E-state index in [0.717, 1.165) is 51.4 Å². The molecular formula is C29H32N2O7. The van der Waals surface area contributed by atoms with E-state index < -0.39 is 41.6 Å². The molecule has 0 aromatic rings. The molecule has 2 heterocycles. The molecule has 200 valence electrons. The summed E-state index contributed by atoms with van der Waals surface area (Å²) in [4.78, 5) is 72.9. The Bertz CT molecular complexity index is 1060. The minimum Gasteiger partial charge on any atom is -0.293 e. The predicted molar refractivity (Wildman–Crippen MR) is 130 cm³/mol. The number of nitrogens with zero attached hydrogens (tertiary/aromatic N) is 2. The summed E-state index contributed by atoms with van der Waals surface area (Å²) < 4.78 is 0. The maximum absolute atomic E-state index is 12.9. The number of fused-ring (bicyclic) bond motifs is 2. The van der Waals surface area contributed by atoms with Gasteiger partial charge in [0.2, 0.25) is 0 Å². The number of rotatable bonds is 6. The molecule has 4 fully saturated rings. The Hall–Kier alpha value is -3.33. The zero-order valence-electron chi connectivity index (χ0n) is 21.4.